The molecule has 0 aliphatic rings. The van der Waals surface area contributed by atoms with Crippen molar-refractivity contribution < 1.29 is 23.1 Å². The molecule has 2 aromatic heterocycles. The van der Waals surface area contributed by atoms with Gasteiger partial charge < -0.3 is 10.4 Å². The Bertz CT molecular complexity index is 1020. The van der Waals surface area contributed by atoms with Crippen molar-refractivity contribution in [2.45, 2.75) is 32.2 Å². The lowest BCUT2D eigenvalue weighted by Crippen LogP contribution is -2.22. The summed E-state index contributed by atoms with van der Waals surface area (Å²) >= 11 is 6.18. The largest absolute Gasteiger partial charge is 0.481 e. The Hall–Kier alpha value is -2.88. The Morgan fingerprint density at radius 3 is 2.57 bits per heavy atom. The molecule has 11 heteroatoms. The molecule has 148 valence electrons. The topological polar surface area (TPSA) is 92.4 Å². The summed E-state index contributed by atoms with van der Waals surface area (Å²) in [5, 5.41) is 15.7. The zero-order chi connectivity index (χ0) is 20.4. The predicted octanol–water partition coefficient (Wildman–Crippen LogP) is 3.92. The summed E-state index contributed by atoms with van der Waals surface area (Å²) in [5.41, 5.74) is -0.740. The molecule has 0 aliphatic carbocycles. The highest BCUT2D eigenvalue weighted by atomic mass is 35.5. The molecule has 0 aliphatic heterocycles. The number of benzene rings is 1. The first-order valence-electron chi connectivity index (χ1n) is 8.34. The molecule has 0 saturated carbocycles. The highest BCUT2D eigenvalue weighted by Crippen LogP contribution is 2.38. The molecule has 0 spiro atoms. The second kappa shape index (κ2) is 8.01. The number of aliphatic carboxylic acids is 1. The average molecular weight is 414 g/mol. The number of anilines is 1. The Morgan fingerprint density at radius 2 is 1.96 bits per heavy atom. The maximum absolute atomic E-state index is 14.4. The number of nitrogens with one attached hydrogen (secondary N) is 1. The van der Waals surface area contributed by atoms with Gasteiger partial charge in [0.1, 0.15) is 34.7 Å². The van der Waals surface area contributed by atoms with Crippen molar-refractivity contribution in [1.82, 2.24) is 19.6 Å². The third-order valence-corrected chi connectivity index (χ3v) is 4.45. The van der Waals surface area contributed by atoms with Crippen LogP contribution in [0.2, 0.25) is 5.15 Å². The summed E-state index contributed by atoms with van der Waals surface area (Å²) in [5.74, 6) is -4.23. The van der Waals surface area contributed by atoms with Crippen LogP contribution in [0.3, 0.4) is 0 Å². The molecule has 7 nitrogen and oxygen atoms in total. The van der Waals surface area contributed by atoms with Crippen molar-refractivity contribution in [3.63, 3.8) is 0 Å². The van der Waals surface area contributed by atoms with Gasteiger partial charge in [0.15, 0.2) is 0 Å². The maximum Gasteiger partial charge on any atom is 0.303 e. The van der Waals surface area contributed by atoms with Gasteiger partial charge in [-0.05, 0) is 12.8 Å². The van der Waals surface area contributed by atoms with E-state index in [0.717, 1.165) is 0 Å². The molecule has 0 bridgehead atoms. The zero-order valence-electron chi connectivity index (χ0n) is 14.6. The Labute approximate surface area is 162 Å². The van der Waals surface area contributed by atoms with E-state index in [1.807, 2.05) is 6.92 Å². The number of carbonyl (C=O) groups is 1. The second-order valence-corrected chi connectivity index (χ2v) is 6.38. The molecule has 0 amide bonds. The van der Waals surface area contributed by atoms with Gasteiger partial charge in [-0.25, -0.2) is 13.2 Å². The van der Waals surface area contributed by atoms with Crippen LogP contribution in [0.4, 0.5) is 19.0 Å². The third kappa shape index (κ3) is 3.86. The number of hydrogen-bond donors (Lipinski definition) is 2. The minimum atomic E-state index is -1.16. The van der Waals surface area contributed by atoms with Gasteiger partial charge in [-0.2, -0.15) is 19.6 Å². The lowest BCUT2D eigenvalue weighted by Gasteiger charge is -2.21. The van der Waals surface area contributed by atoms with Crippen LogP contribution in [0.5, 0.6) is 0 Å². The van der Waals surface area contributed by atoms with Crippen molar-refractivity contribution in [3.05, 3.63) is 41.1 Å². The maximum atomic E-state index is 14.4. The summed E-state index contributed by atoms with van der Waals surface area (Å²) in [6.45, 7) is 1.82. The van der Waals surface area contributed by atoms with Crippen LogP contribution in [0.15, 0.2) is 18.5 Å². The molecule has 3 rings (SSSR count). The van der Waals surface area contributed by atoms with E-state index in [4.69, 9.17) is 16.7 Å². The monoisotopic (exact) mass is 413 g/mol. The van der Waals surface area contributed by atoms with Gasteiger partial charge in [0, 0.05) is 24.6 Å². The fourth-order valence-electron chi connectivity index (χ4n) is 2.82. The van der Waals surface area contributed by atoms with Gasteiger partial charge in [0.25, 0.3) is 5.78 Å². The van der Waals surface area contributed by atoms with Gasteiger partial charge in [-0.1, -0.05) is 18.5 Å². The Balaban J connectivity index is 2.19. The summed E-state index contributed by atoms with van der Waals surface area (Å²) in [7, 11) is 0. The lowest BCUT2D eigenvalue weighted by atomic mass is 10.0. The predicted molar refractivity (Wildman–Crippen MR) is 95.7 cm³/mol. The first kappa shape index (κ1) is 19.9. The quantitative estimate of drug-likeness (QED) is 0.570. The van der Waals surface area contributed by atoms with E-state index in [1.165, 1.54) is 10.8 Å². The van der Waals surface area contributed by atoms with E-state index < -0.39 is 29.0 Å². The first-order chi connectivity index (χ1) is 13.3. The molecule has 2 N–H and O–H groups in total. The number of halogens is 4. The van der Waals surface area contributed by atoms with E-state index in [-0.39, 0.29) is 41.2 Å². The summed E-state index contributed by atoms with van der Waals surface area (Å²) in [6, 6.07) is 0.699. The van der Waals surface area contributed by atoms with Crippen molar-refractivity contribution in [2.75, 3.05) is 5.32 Å². The number of aromatic nitrogens is 4. The van der Waals surface area contributed by atoms with Crippen LogP contribution in [-0.4, -0.2) is 36.7 Å². The molecular weight excluding hydrogens is 399 g/mol. The van der Waals surface area contributed by atoms with Crippen molar-refractivity contribution in [1.29, 1.82) is 0 Å². The van der Waals surface area contributed by atoms with Crippen molar-refractivity contribution in [2.24, 2.45) is 0 Å². The number of fused-ring (bicyclic) bond motifs is 1. The van der Waals surface area contributed by atoms with E-state index in [9.17, 15) is 18.0 Å². The second-order valence-electron chi connectivity index (χ2n) is 6.02. The molecular formula is C17H15ClF3N5O2. The molecule has 3 aromatic rings. The molecule has 1 aromatic carbocycles. The van der Waals surface area contributed by atoms with Crippen molar-refractivity contribution in [3.8, 4) is 11.1 Å². The number of rotatable bonds is 7. The van der Waals surface area contributed by atoms with E-state index >= 15 is 0 Å². The minimum Gasteiger partial charge on any atom is -0.481 e. The minimum absolute atomic E-state index is 0.0762. The molecule has 0 saturated heterocycles. The van der Waals surface area contributed by atoms with Crippen LogP contribution in [0.25, 0.3) is 16.9 Å². The van der Waals surface area contributed by atoms with Crippen LogP contribution in [0, 0.1) is 17.5 Å². The van der Waals surface area contributed by atoms with Crippen LogP contribution in [-0.2, 0) is 4.79 Å². The normalized spacial score (nSPS) is 12.3. The smallest absolute Gasteiger partial charge is 0.303 e. The molecule has 2 heterocycles. The van der Waals surface area contributed by atoms with Gasteiger partial charge in [-0.15, -0.1) is 0 Å². The molecule has 0 radical (unpaired) electrons. The van der Waals surface area contributed by atoms with Gasteiger partial charge in [-0.3, -0.25) is 4.79 Å². The van der Waals surface area contributed by atoms with E-state index in [1.54, 1.807) is 0 Å². The highest BCUT2D eigenvalue weighted by Gasteiger charge is 2.25. The third-order valence-electron chi connectivity index (χ3n) is 4.18. The number of nitrogens with zero attached hydrogens (tertiary/aromatic N) is 4. The Morgan fingerprint density at radius 1 is 1.29 bits per heavy atom. The highest BCUT2D eigenvalue weighted by molar-refractivity contribution is 6.33. The van der Waals surface area contributed by atoms with Gasteiger partial charge in [0.05, 0.1) is 11.1 Å². The van der Waals surface area contributed by atoms with Crippen LogP contribution in [0.1, 0.15) is 26.2 Å². The van der Waals surface area contributed by atoms with Crippen LogP contribution < -0.4 is 5.32 Å². The lowest BCUT2D eigenvalue weighted by molar-refractivity contribution is -0.137. The van der Waals surface area contributed by atoms with E-state index in [0.29, 0.717) is 18.6 Å². The van der Waals surface area contributed by atoms with Crippen molar-refractivity contribution >= 4 is 29.2 Å². The Kier molecular flexibility index (Phi) is 5.68. The summed E-state index contributed by atoms with van der Waals surface area (Å²) in [6.07, 6.45) is 1.83. The SMILES string of the molecule is CCC(CCC(=O)O)Nc1c(-c2c(F)cc(F)cc2F)c(Cl)nc2ncnn12. The average Bonchev–Trinajstić information content (AvgIpc) is 3.07. The van der Waals surface area contributed by atoms with Gasteiger partial charge in [0.2, 0.25) is 0 Å². The summed E-state index contributed by atoms with van der Waals surface area (Å²) in [4.78, 5) is 18.8. The summed E-state index contributed by atoms with van der Waals surface area (Å²) < 4.78 is 43.4. The number of carboxylic acids is 1. The fourth-order valence-corrected chi connectivity index (χ4v) is 3.08. The standard InChI is InChI=1S/C17H15ClF3N5O2/c1-2-9(3-4-12(27)28)24-16-14(13-10(20)5-8(19)6-11(13)21)15(18)25-17-22-7-23-26(16)17/h5-7,9,24H,2-4H2,1H3,(H,27,28). The molecule has 1 atom stereocenters. The number of carboxylic acid groups (broad SMARTS) is 1. The zero-order valence-corrected chi connectivity index (χ0v) is 15.3. The molecule has 1 unspecified atom stereocenters. The molecule has 0 fully saturated rings. The van der Waals surface area contributed by atoms with Gasteiger partial charge >= 0.3 is 5.97 Å². The fraction of sp³-hybridized carbons (Fsp3) is 0.294. The molecule has 28 heavy (non-hydrogen) atoms. The van der Waals surface area contributed by atoms with Crippen LogP contribution >= 0.6 is 11.6 Å². The van der Waals surface area contributed by atoms with E-state index in [2.05, 4.69) is 20.4 Å². The first-order valence-corrected chi connectivity index (χ1v) is 8.72. The number of hydrogen-bond acceptors (Lipinski definition) is 5.